The van der Waals surface area contributed by atoms with Gasteiger partial charge in [-0.3, -0.25) is 18.9 Å². The Morgan fingerprint density at radius 3 is 2.61 bits per heavy atom. The normalized spacial score (nSPS) is 44.4. The first-order valence-electron chi connectivity index (χ1n) is 10.7. The Morgan fingerprint density at radius 2 is 1.97 bits per heavy atom. The van der Waals surface area contributed by atoms with E-state index in [4.69, 9.17) is 9.79 Å². The molecule has 31 heavy (non-hydrogen) atoms. The summed E-state index contributed by atoms with van der Waals surface area (Å²) in [5.41, 5.74) is -2.55. The first-order valence-corrected chi connectivity index (χ1v) is 12.2. The molecule has 7 atom stereocenters. The van der Waals surface area contributed by atoms with Crippen molar-refractivity contribution < 1.29 is 38.4 Å². The predicted octanol–water partition coefficient (Wildman–Crippen LogP) is 2.13. The van der Waals surface area contributed by atoms with Gasteiger partial charge in [0.15, 0.2) is 11.6 Å². The topological polar surface area (TPSA) is 138 Å². The molecule has 4 aliphatic rings. The molecular formula is C22H29O8P. The van der Waals surface area contributed by atoms with Crippen LogP contribution in [0.2, 0.25) is 0 Å². The maximum absolute atomic E-state index is 13.5. The highest BCUT2D eigenvalue weighted by Crippen LogP contribution is 2.67. The Hall–Kier alpha value is -1.44. The lowest BCUT2D eigenvalue weighted by Crippen LogP contribution is -2.61. The van der Waals surface area contributed by atoms with Gasteiger partial charge in [-0.2, -0.15) is 0 Å². The molecule has 0 aliphatic heterocycles. The Morgan fingerprint density at radius 1 is 1.29 bits per heavy atom. The van der Waals surface area contributed by atoms with Crippen molar-refractivity contribution in [2.75, 3.05) is 6.61 Å². The van der Waals surface area contributed by atoms with Gasteiger partial charge in [0, 0.05) is 23.2 Å². The third-order valence-electron chi connectivity index (χ3n) is 8.63. The summed E-state index contributed by atoms with van der Waals surface area (Å²) in [6.45, 7) is 4.57. The molecule has 0 aromatic rings. The SMILES string of the molecule is CC1CC2C3CCC4=CC(=O)C=CC4(C)C3C(=O)CC2(C)[C@@]1(O)C(=O)COP(=O)(O)O. The van der Waals surface area contributed by atoms with E-state index in [-0.39, 0.29) is 35.7 Å². The standard InChI is InChI=1S/C22H29O8P/c1-12-8-16-15-5-4-13-9-14(23)6-7-20(13,2)19(15)17(24)10-21(16,3)22(12,26)18(25)11-30-31(27,28)29/h6-7,9,12,15-16,19,26H,4-5,8,10-11H2,1-3H3,(H2,27,28,29)/t12?,15?,16?,19?,20?,21?,22-/m0/s1. The first-order chi connectivity index (χ1) is 14.2. The first kappa shape index (κ1) is 22.7. The fourth-order valence-corrected chi connectivity index (χ4v) is 7.50. The van der Waals surface area contributed by atoms with E-state index < -0.39 is 42.6 Å². The van der Waals surface area contributed by atoms with Gasteiger partial charge in [-0.1, -0.05) is 32.4 Å². The highest BCUT2D eigenvalue weighted by Gasteiger charge is 2.70. The van der Waals surface area contributed by atoms with E-state index in [2.05, 4.69) is 4.52 Å². The summed E-state index contributed by atoms with van der Waals surface area (Å²) in [7, 11) is -4.87. The number of allylic oxidation sites excluding steroid dienone is 4. The molecule has 0 amide bonds. The minimum Gasteiger partial charge on any atom is -0.381 e. The summed E-state index contributed by atoms with van der Waals surface area (Å²) in [6.07, 6.45) is 6.88. The Balaban J connectivity index is 1.70. The molecule has 4 aliphatic carbocycles. The third-order valence-corrected chi connectivity index (χ3v) is 9.09. The quantitative estimate of drug-likeness (QED) is 0.552. The lowest BCUT2D eigenvalue weighted by atomic mass is 9.46. The molecule has 4 rings (SSSR count). The summed E-state index contributed by atoms with van der Waals surface area (Å²) in [5, 5.41) is 11.6. The molecule has 6 unspecified atom stereocenters. The molecular weight excluding hydrogens is 423 g/mol. The Bertz CT molecular complexity index is 963. The highest BCUT2D eigenvalue weighted by atomic mass is 31.2. The molecule has 0 aromatic carbocycles. The predicted molar refractivity (Wildman–Crippen MR) is 110 cm³/mol. The molecule has 9 heteroatoms. The van der Waals surface area contributed by atoms with Crippen molar-refractivity contribution in [3.8, 4) is 0 Å². The molecule has 0 aromatic heterocycles. The van der Waals surface area contributed by atoms with Crippen LogP contribution in [0.5, 0.6) is 0 Å². The average Bonchev–Trinajstić information content (AvgIpc) is 2.87. The fourth-order valence-electron chi connectivity index (χ4n) is 7.21. The molecule has 3 N–H and O–H groups in total. The second-order valence-electron chi connectivity index (χ2n) is 10.1. The van der Waals surface area contributed by atoms with Crippen molar-refractivity contribution in [3.63, 3.8) is 0 Å². The zero-order valence-corrected chi connectivity index (χ0v) is 18.8. The highest BCUT2D eigenvalue weighted by molar-refractivity contribution is 7.46. The Labute approximate surface area is 181 Å². The van der Waals surface area contributed by atoms with Crippen LogP contribution in [0.15, 0.2) is 23.8 Å². The number of aliphatic hydroxyl groups is 1. The molecule has 170 valence electrons. The monoisotopic (exact) mass is 452 g/mol. The van der Waals surface area contributed by atoms with Gasteiger partial charge in [-0.15, -0.1) is 0 Å². The van der Waals surface area contributed by atoms with E-state index in [1.807, 2.05) is 13.0 Å². The van der Waals surface area contributed by atoms with E-state index in [1.54, 1.807) is 19.9 Å². The third kappa shape index (κ3) is 3.18. The zero-order chi connectivity index (χ0) is 23.0. The van der Waals surface area contributed by atoms with Crippen LogP contribution >= 0.6 is 7.82 Å². The van der Waals surface area contributed by atoms with Gasteiger partial charge in [0.25, 0.3) is 0 Å². The van der Waals surface area contributed by atoms with Crippen LogP contribution in [0, 0.1) is 34.5 Å². The summed E-state index contributed by atoms with van der Waals surface area (Å²) >= 11 is 0. The second kappa shape index (κ2) is 7.03. The number of ketones is 3. The van der Waals surface area contributed by atoms with Gasteiger partial charge in [0.1, 0.15) is 18.0 Å². The molecule has 0 spiro atoms. The average molecular weight is 452 g/mol. The molecule has 3 saturated carbocycles. The molecule has 0 bridgehead atoms. The van der Waals surface area contributed by atoms with Gasteiger partial charge in [-0.25, -0.2) is 4.57 Å². The van der Waals surface area contributed by atoms with Gasteiger partial charge in [-0.05, 0) is 49.2 Å². The van der Waals surface area contributed by atoms with Crippen LogP contribution in [-0.2, 0) is 23.5 Å². The lowest BCUT2D eigenvalue weighted by molar-refractivity contribution is -0.173. The summed E-state index contributed by atoms with van der Waals surface area (Å²) in [6, 6.07) is 0. The van der Waals surface area contributed by atoms with Crippen molar-refractivity contribution in [2.45, 2.75) is 52.1 Å². The second-order valence-corrected chi connectivity index (χ2v) is 11.4. The molecule has 8 nitrogen and oxygen atoms in total. The molecule has 0 heterocycles. The molecule has 3 fully saturated rings. The van der Waals surface area contributed by atoms with Gasteiger partial charge in [0.05, 0.1) is 0 Å². The van der Waals surface area contributed by atoms with E-state index in [1.165, 1.54) is 6.08 Å². The smallest absolute Gasteiger partial charge is 0.381 e. The fraction of sp³-hybridized carbons (Fsp3) is 0.682. The Kier molecular flexibility index (Phi) is 5.16. The van der Waals surface area contributed by atoms with Crippen molar-refractivity contribution >= 4 is 25.2 Å². The number of fused-ring (bicyclic) bond motifs is 5. The van der Waals surface area contributed by atoms with Crippen LogP contribution in [0.25, 0.3) is 0 Å². The van der Waals surface area contributed by atoms with Crippen molar-refractivity contribution in [2.24, 2.45) is 34.5 Å². The van der Waals surface area contributed by atoms with E-state index >= 15 is 0 Å². The van der Waals surface area contributed by atoms with Crippen LogP contribution in [0.4, 0.5) is 0 Å². The number of carbonyl (C=O) groups excluding carboxylic acids is 3. The lowest BCUT2D eigenvalue weighted by Gasteiger charge is -2.56. The van der Waals surface area contributed by atoms with Crippen LogP contribution in [-0.4, -0.2) is 44.5 Å². The van der Waals surface area contributed by atoms with Gasteiger partial charge < -0.3 is 14.9 Å². The van der Waals surface area contributed by atoms with Gasteiger partial charge >= 0.3 is 7.82 Å². The number of hydrogen-bond acceptors (Lipinski definition) is 6. The number of phosphoric ester groups is 1. The summed E-state index contributed by atoms with van der Waals surface area (Å²) < 4.78 is 15.5. The number of Topliss-reactive ketones (excluding diaryl/α,β-unsaturated/α-hetero) is 2. The molecule has 0 saturated heterocycles. The van der Waals surface area contributed by atoms with E-state index in [0.717, 1.165) is 5.57 Å². The largest absolute Gasteiger partial charge is 0.470 e. The van der Waals surface area contributed by atoms with Crippen LogP contribution < -0.4 is 0 Å². The zero-order valence-electron chi connectivity index (χ0n) is 17.9. The van der Waals surface area contributed by atoms with Crippen molar-refractivity contribution in [1.29, 1.82) is 0 Å². The number of phosphoric acid groups is 1. The molecule has 0 radical (unpaired) electrons. The maximum Gasteiger partial charge on any atom is 0.470 e. The number of carbonyl (C=O) groups is 3. The summed E-state index contributed by atoms with van der Waals surface area (Å²) in [4.78, 5) is 56.4. The summed E-state index contributed by atoms with van der Waals surface area (Å²) in [5.74, 6) is -1.91. The van der Waals surface area contributed by atoms with Crippen molar-refractivity contribution in [1.82, 2.24) is 0 Å². The van der Waals surface area contributed by atoms with E-state index in [0.29, 0.717) is 19.3 Å². The minimum absolute atomic E-state index is 0.00796. The van der Waals surface area contributed by atoms with Crippen molar-refractivity contribution in [3.05, 3.63) is 23.8 Å². The van der Waals surface area contributed by atoms with Gasteiger partial charge in [0.2, 0.25) is 0 Å². The van der Waals surface area contributed by atoms with Crippen LogP contribution in [0.1, 0.15) is 46.5 Å². The number of hydrogen-bond donors (Lipinski definition) is 3. The maximum atomic E-state index is 13.5. The minimum atomic E-state index is -4.87. The van der Waals surface area contributed by atoms with Crippen LogP contribution in [0.3, 0.4) is 0 Å². The number of rotatable bonds is 4. The van der Waals surface area contributed by atoms with E-state index in [9.17, 15) is 24.1 Å².